The average Bonchev–Trinajstić information content (AvgIpc) is 2.90. The predicted molar refractivity (Wildman–Crippen MR) is 68.5 cm³/mol. The molecule has 3 rings (SSSR count). The van der Waals surface area contributed by atoms with E-state index >= 15 is 0 Å². The Labute approximate surface area is 100 Å². The van der Waals surface area contributed by atoms with Gasteiger partial charge in [0.15, 0.2) is 0 Å². The molecule has 1 heterocycles. The first kappa shape index (κ1) is 9.97. The molecule has 0 radical (unpaired) electrons. The van der Waals surface area contributed by atoms with Crippen LogP contribution in [0.3, 0.4) is 0 Å². The van der Waals surface area contributed by atoms with Gasteiger partial charge >= 0.3 is 0 Å². The number of benzene rings is 2. The van der Waals surface area contributed by atoms with Gasteiger partial charge < -0.3 is 0 Å². The van der Waals surface area contributed by atoms with E-state index in [-0.39, 0.29) is 6.04 Å². The standard InChI is InChI=1S/C15H12N2/c1-3-7-12(8-4-1)14-11-15(17-16-14)13-9-5-2-6-10-13/h1-11,14H/t14-/m0/s1. The third-order valence-electron chi connectivity index (χ3n) is 2.82. The molecule has 1 aliphatic heterocycles. The van der Waals surface area contributed by atoms with Crippen LogP contribution in [0.5, 0.6) is 0 Å². The molecule has 1 atom stereocenters. The Hall–Kier alpha value is -2.22. The van der Waals surface area contributed by atoms with Gasteiger partial charge in [-0.15, -0.1) is 0 Å². The molecule has 1 aliphatic rings. The topological polar surface area (TPSA) is 24.7 Å². The van der Waals surface area contributed by atoms with Crippen molar-refractivity contribution in [3.05, 3.63) is 77.9 Å². The first-order valence-corrected chi connectivity index (χ1v) is 5.66. The Bertz CT molecular complexity index is 556. The molecule has 0 amide bonds. The van der Waals surface area contributed by atoms with E-state index < -0.39 is 0 Å². The summed E-state index contributed by atoms with van der Waals surface area (Å²) in [5.74, 6) is 0. The van der Waals surface area contributed by atoms with Crippen LogP contribution in [0, 0.1) is 0 Å². The third kappa shape index (κ3) is 2.02. The Morgan fingerprint density at radius 1 is 0.765 bits per heavy atom. The number of azo groups is 1. The lowest BCUT2D eigenvalue weighted by molar-refractivity contribution is 0.881. The van der Waals surface area contributed by atoms with E-state index in [1.54, 1.807) is 0 Å². The fourth-order valence-electron chi connectivity index (χ4n) is 1.92. The summed E-state index contributed by atoms with van der Waals surface area (Å²) < 4.78 is 0. The average molecular weight is 220 g/mol. The summed E-state index contributed by atoms with van der Waals surface area (Å²) in [6, 6.07) is 20.4. The number of hydrogen-bond acceptors (Lipinski definition) is 2. The highest BCUT2D eigenvalue weighted by Gasteiger charge is 2.15. The number of nitrogens with zero attached hydrogens (tertiary/aromatic N) is 2. The van der Waals surface area contributed by atoms with E-state index in [0.717, 1.165) is 11.3 Å². The summed E-state index contributed by atoms with van der Waals surface area (Å²) >= 11 is 0. The van der Waals surface area contributed by atoms with Crippen LogP contribution in [-0.4, -0.2) is 0 Å². The molecule has 2 nitrogen and oxygen atoms in total. The molecule has 0 saturated heterocycles. The van der Waals surface area contributed by atoms with Crippen LogP contribution in [0.15, 0.2) is 77.0 Å². The molecule has 0 fully saturated rings. The molecule has 82 valence electrons. The summed E-state index contributed by atoms with van der Waals surface area (Å²) in [5, 5.41) is 8.55. The molecule has 0 N–H and O–H groups in total. The van der Waals surface area contributed by atoms with Crippen molar-refractivity contribution in [3.63, 3.8) is 0 Å². The maximum atomic E-state index is 4.30. The molecular weight excluding hydrogens is 208 g/mol. The van der Waals surface area contributed by atoms with Crippen molar-refractivity contribution in [2.45, 2.75) is 6.04 Å². The fourth-order valence-corrected chi connectivity index (χ4v) is 1.92. The van der Waals surface area contributed by atoms with Crippen LogP contribution < -0.4 is 0 Å². The Kier molecular flexibility index (Phi) is 2.54. The van der Waals surface area contributed by atoms with Crippen LogP contribution in [0.2, 0.25) is 0 Å². The van der Waals surface area contributed by atoms with Crippen molar-refractivity contribution >= 4 is 5.70 Å². The van der Waals surface area contributed by atoms with Crippen LogP contribution in [0.1, 0.15) is 17.2 Å². The minimum Gasteiger partial charge on any atom is -0.176 e. The van der Waals surface area contributed by atoms with Crippen LogP contribution in [-0.2, 0) is 0 Å². The van der Waals surface area contributed by atoms with Gasteiger partial charge in [0.1, 0.15) is 6.04 Å². The van der Waals surface area contributed by atoms with E-state index in [4.69, 9.17) is 0 Å². The first-order chi connectivity index (χ1) is 8.43. The fraction of sp³-hybridized carbons (Fsp3) is 0.0667. The lowest BCUT2D eigenvalue weighted by atomic mass is 10.1. The smallest absolute Gasteiger partial charge is 0.117 e. The molecule has 0 aromatic heterocycles. The Balaban J connectivity index is 1.91. The summed E-state index contributed by atoms with van der Waals surface area (Å²) in [7, 11) is 0. The molecule has 0 aliphatic carbocycles. The van der Waals surface area contributed by atoms with Gasteiger partial charge in [-0.25, -0.2) is 0 Å². The molecule has 17 heavy (non-hydrogen) atoms. The van der Waals surface area contributed by atoms with E-state index in [1.165, 1.54) is 5.56 Å². The highest BCUT2D eigenvalue weighted by molar-refractivity contribution is 5.66. The second-order valence-corrected chi connectivity index (χ2v) is 3.99. The summed E-state index contributed by atoms with van der Waals surface area (Å²) in [6.45, 7) is 0. The Morgan fingerprint density at radius 2 is 1.41 bits per heavy atom. The van der Waals surface area contributed by atoms with Gasteiger partial charge in [-0.3, -0.25) is 0 Å². The van der Waals surface area contributed by atoms with Crippen molar-refractivity contribution in [3.8, 4) is 0 Å². The summed E-state index contributed by atoms with van der Waals surface area (Å²) in [6.07, 6.45) is 2.10. The quantitative estimate of drug-likeness (QED) is 0.723. The number of rotatable bonds is 2. The van der Waals surface area contributed by atoms with E-state index in [9.17, 15) is 0 Å². The largest absolute Gasteiger partial charge is 0.176 e. The normalized spacial score (nSPS) is 18.1. The van der Waals surface area contributed by atoms with Gasteiger partial charge in [-0.1, -0.05) is 60.7 Å². The maximum absolute atomic E-state index is 4.30. The first-order valence-electron chi connectivity index (χ1n) is 5.66. The van der Waals surface area contributed by atoms with E-state index in [0.29, 0.717) is 0 Å². The van der Waals surface area contributed by atoms with Crippen molar-refractivity contribution in [2.75, 3.05) is 0 Å². The van der Waals surface area contributed by atoms with E-state index in [1.807, 2.05) is 36.4 Å². The SMILES string of the molecule is C1=C(c2ccccc2)N=N[C@@H]1c1ccccc1. The highest BCUT2D eigenvalue weighted by atomic mass is 15.2. The van der Waals surface area contributed by atoms with Gasteiger partial charge in [0.25, 0.3) is 0 Å². The molecule has 0 bridgehead atoms. The third-order valence-corrected chi connectivity index (χ3v) is 2.82. The van der Waals surface area contributed by atoms with Crippen molar-refractivity contribution in [1.29, 1.82) is 0 Å². The molecule has 2 heteroatoms. The van der Waals surface area contributed by atoms with E-state index in [2.05, 4.69) is 40.6 Å². The van der Waals surface area contributed by atoms with Gasteiger partial charge in [-0.2, -0.15) is 10.2 Å². The lowest BCUT2D eigenvalue weighted by Crippen LogP contribution is -1.87. The Morgan fingerprint density at radius 3 is 2.12 bits per heavy atom. The number of hydrogen-bond donors (Lipinski definition) is 0. The molecule has 0 spiro atoms. The van der Waals surface area contributed by atoms with Crippen molar-refractivity contribution in [2.24, 2.45) is 10.2 Å². The second kappa shape index (κ2) is 4.34. The van der Waals surface area contributed by atoms with Crippen LogP contribution in [0.4, 0.5) is 0 Å². The lowest BCUT2D eigenvalue weighted by Gasteiger charge is -2.01. The molecular formula is C15H12N2. The summed E-state index contributed by atoms with van der Waals surface area (Å²) in [5.41, 5.74) is 3.26. The van der Waals surface area contributed by atoms with Crippen molar-refractivity contribution < 1.29 is 0 Å². The van der Waals surface area contributed by atoms with Gasteiger partial charge in [-0.05, 0) is 11.6 Å². The monoisotopic (exact) mass is 220 g/mol. The predicted octanol–water partition coefficient (Wildman–Crippen LogP) is 4.23. The summed E-state index contributed by atoms with van der Waals surface area (Å²) in [4.78, 5) is 0. The second-order valence-electron chi connectivity index (χ2n) is 3.99. The van der Waals surface area contributed by atoms with Gasteiger partial charge in [0.2, 0.25) is 0 Å². The molecule has 0 saturated carbocycles. The maximum Gasteiger partial charge on any atom is 0.117 e. The molecule has 2 aromatic rings. The molecule has 0 unspecified atom stereocenters. The highest BCUT2D eigenvalue weighted by Crippen LogP contribution is 2.31. The molecule has 2 aromatic carbocycles. The van der Waals surface area contributed by atoms with Gasteiger partial charge in [0, 0.05) is 5.56 Å². The minimum absolute atomic E-state index is 0.0615. The van der Waals surface area contributed by atoms with Crippen molar-refractivity contribution in [1.82, 2.24) is 0 Å². The van der Waals surface area contributed by atoms with Crippen LogP contribution in [0.25, 0.3) is 5.70 Å². The zero-order chi connectivity index (χ0) is 11.5. The minimum atomic E-state index is 0.0615. The van der Waals surface area contributed by atoms with Gasteiger partial charge in [0.05, 0.1) is 5.70 Å². The zero-order valence-electron chi connectivity index (χ0n) is 9.32. The van der Waals surface area contributed by atoms with Crippen LogP contribution >= 0.6 is 0 Å². The zero-order valence-corrected chi connectivity index (χ0v) is 9.32.